The van der Waals surface area contributed by atoms with E-state index in [0.717, 1.165) is 5.57 Å². The highest BCUT2D eigenvalue weighted by Gasteiger charge is 2.06. The molecule has 1 atom stereocenters. The molecule has 1 unspecified atom stereocenters. The summed E-state index contributed by atoms with van der Waals surface area (Å²) in [5.41, 5.74) is 7.38. The van der Waals surface area contributed by atoms with Gasteiger partial charge in [-0.25, -0.2) is 0 Å². The third kappa shape index (κ3) is 9.60. The monoisotopic (exact) mass is 249 g/mol. The SMILES string of the molecule is C=C(C)CC(C)OC(=O)CN.Cc1ccccc1. The van der Waals surface area contributed by atoms with Crippen molar-refractivity contribution in [2.75, 3.05) is 6.54 Å². The van der Waals surface area contributed by atoms with Gasteiger partial charge in [-0.2, -0.15) is 0 Å². The van der Waals surface area contributed by atoms with Crippen molar-refractivity contribution in [3.8, 4) is 0 Å². The van der Waals surface area contributed by atoms with E-state index in [0.29, 0.717) is 6.42 Å². The molecule has 18 heavy (non-hydrogen) atoms. The molecule has 0 saturated heterocycles. The van der Waals surface area contributed by atoms with Crippen LogP contribution in [0.1, 0.15) is 25.8 Å². The van der Waals surface area contributed by atoms with Gasteiger partial charge in [0, 0.05) is 6.42 Å². The van der Waals surface area contributed by atoms with E-state index in [2.05, 4.69) is 25.6 Å². The number of carbonyl (C=O) groups is 1. The second kappa shape index (κ2) is 9.42. The van der Waals surface area contributed by atoms with Gasteiger partial charge >= 0.3 is 5.97 Å². The van der Waals surface area contributed by atoms with Crippen LogP contribution in [-0.2, 0) is 9.53 Å². The van der Waals surface area contributed by atoms with Crippen molar-refractivity contribution in [2.45, 2.75) is 33.3 Å². The van der Waals surface area contributed by atoms with Gasteiger partial charge in [-0.15, -0.1) is 6.58 Å². The highest BCUT2D eigenvalue weighted by atomic mass is 16.5. The molecule has 3 heteroatoms. The summed E-state index contributed by atoms with van der Waals surface area (Å²) < 4.78 is 4.89. The Labute approximate surface area is 110 Å². The highest BCUT2D eigenvalue weighted by molar-refractivity contribution is 5.71. The molecule has 0 bridgehead atoms. The summed E-state index contributed by atoms with van der Waals surface area (Å²) in [6.07, 6.45) is 0.592. The number of ether oxygens (including phenoxy) is 1. The Morgan fingerprint density at radius 3 is 2.28 bits per heavy atom. The third-order valence-corrected chi connectivity index (χ3v) is 2.08. The van der Waals surface area contributed by atoms with Crippen LogP contribution in [-0.4, -0.2) is 18.6 Å². The molecule has 0 fully saturated rings. The fraction of sp³-hybridized carbons (Fsp3) is 0.400. The first-order valence-electron chi connectivity index (χ1n) is 6.01. The highest BCUT2D eigenvalue weighted by Crippen LogP contribution is 2.04. The molecule has 0 aromatic heterocycles. The number of carbonyl (C=O) groups excluding carboxylic acids is 1. The van der Waals surface area contributed by atoms with Crippen molar-refractivity contribution in [3.05, 3.63) is 48.0 Å². The first-order valence-corrected chi connectivity index (χ1v) is 6.01. The molecule has 0 heterocycles. The predicted molar refractivity (Wildman–Crippen MR) is 75.2 cm³/mol. The first-order chi connectivity index (χ1) is 8.45. The quantitative estimate of drug-likeness (QED) is 0.659. The van der Waals surface area contributed by atoms with E-state index in [9.17, 15) is 4.79 Å². The van der Waals surface area contributed by atoms with Crippen LogP contribution in [0.5, 0.6) is 0 Å². The molecule has 0 aliphatic rings. The normalized spacial score (nSPS) is 10.9. The number of nitrogens with two attached hydrogens (primary N) is 1. The van der Waals surface area contributed by atoms with Gasteiger partial charge in [-0.05, 0) is 20.8 Å². The third-order valence-electron chi connectivity index (χ3n) is 2.08. The molecular weight excluding hydrogens is 226 g/mol. The average molecular weight is 249 g/mol. The maximum atomic E-state index is 10.6. The van der Waals surface area contributed by atoms with Gasteiger partial charge in [0.1, 0.15) is 6.10 Å². The number of hydrogen-bond acceptors (Lipinski definition) is 3. The molecule has 0 radical (unpaired) electrons. The Morgan fingerprint density at radius 1 is 1.39 bits per heavy atom. The molecule has 0 aliphatic heterocycles. The Balaban J connectivity index is 0.000000351. The maximum absolute atomic E-state index is 10.6. The van der Waals surface area contributed by atoms with E-state index in [1.807, 2.05) is 32.0 Å². The number of benzene rings is 1. The van der Waals surface area contributed by atoms with E-state index < -0.39 is 0 Å². The fourth-order valence-corrected chi connectivity index (χ4v) is 1.34. The summed E-state index contributed by atoms with van der Waals surface area (Å²) in [5, 5.41) is 0. The molecule has 100 valence electrons. The number of rotatable bonds is 4. The first kappa shape index (κ1) is 16.4. The van der Waals surface area contributed by atoms with Crippen LogP contribution in [0.25, 0.3) is 0 Å². The van der Waals surface area contributed by atoms with Crippen LogP contribution in [0, 0.1) is 6.92 Å². The summed E-state index contributed by atoms with van der Waals surface area (Å²) in [6, 6.07) is 10.3. The van der Waals surface area contributed by atoms with Crippen molar-refractivity contribution < 1.29 is 9.53 Å². The molecule has 3 nitrogen and oxygen atoms in total. The lowest BCUT2D eigenvalue weighted by atomic mass is 10.2. The smallest absolute Gasteiger partial charge is 0.319 e. The fourth-order valence-electron chi connectivity index (χ4n) is 1.34. The largest absolute Gasteiger partial charge is 0.461 e. The minimum atomic E-state index is -0.362. The summed E-state index contributed by atoms with van der Waals surface area (Å²) in [5.74, 6) is -0.362. The van der Waals surface area contributed by atoms with Crippen LogP contribution in [0.15, 0.2) is 42.5 Å². The number of hydrogen-bond donors (Lipinski definition) is 1. The Bertz CT molecular complexity index is 360. The summed E-state index contributed by atoms with van der Waals surface area (Å²) >= 11 is 0. The molecular formula is C15H23NO2. The molecule has 0 amide bonds. The number of aryl methyl sites for hydroxylation is 1. The standard InChI is InChI=1S/C8H15NO2.C7H8/c1-6(2)4-7(3)11-8(10)5-9;1-7-5-3-2-4-6-7/h7H,1,4-5,9H2,2-3H3;2-6H,1H3. The van der Waals surface area contributed by atoms with Crippen LogP contribution >= 0.6 is 0 Å². The van der Waals surface area contributed by atoms with Crippen LogP contribution in [0.2, 0.25) is 0 Å². The predicted octanol–water partition coefficient (Wildman–Crippen LogP) is 2.84. The van der Waals surface area contributed by atoms with E-state index in [1.54, 1.807) is 0 Å². The Kier molecular flexibility index (Phi) is 8.58. The zero-order valence-electron chi connectivity index (χ0n) is 11.5. The van der Waals surface area contributed by atoms with Gasteiger partial charge in [-0.1, -0.05) is 41.5 Å². The van der Waals surface area contributed by atoms with Gasteiger partial charge in [0.2, 0.25) is 0 Å². The molecule has 0 aliphatic carbocycles. The topological polar surface area (TPSA) is 52.3 Å². The zero-order chi connectivity index (χ0) is 14.0. The maximum Gasteiger partial charge on any atom is 0.319 e. The summed E-state index contributed by atoms with van der Waals surface area (Å²) in [6.45, 7) is 9.45. The second-order valence-corrected chi connectivity index (χ2v) is 4.32. The van der Waals surface area contributed by atoms with E-state index in [-0.39, 0.29) is 18.6 Å². The van der Waals surface area contributed by atoms with E-state index in [1.165, 1.54) is 5.56 Å². The van der Waals surface area contributed by atoms with Crippen molar-refractivity contribution in [1.82, 2.24) is 0 Å². The van der Waals surface area contributed by atoms with Gasteiger partial charge in [0.05, 0.1) is 6.54 Å². The molecule has 0 spiro atoms. The Hall–Kier alpha value is -1.61. The average Bonchev–Trinajstić information content (AvgIpc) is 2.29. The van der Waals surface area contributed by atoms with Gasteiger partial charge < -0.3 is 10.5 Å². The van der Waals surface area contributed by atoms with Gasteiger partial charge in [0.15, 0.2) is 0 Å². The summed E-state index contributed by atoms with van der Waals surface area (Å²) in [7, 11) is 0. The lowest BCUT2D eigenvalue weighted by Crippen LogP contribution is -2.22. The van der Waals surface area contributed by atoms with E-state index in [4.69, 9.17) is 10.5 Å². The molecule has 1 rings (SSSR count). The van der Waals surface area contributed by atoms with Gasteiger partial charge in [0.25, 0.3) is 0 Å². The second-order valence-electron chi connectivity index (χ2n) is 4.32. The van der Waals surface area contributed by atoms with Crippen LogP contribution in [0.3, 0.4) is 0 Å². The van der Waals surface area contributed by atoms with Gasteiger partial charge in [-0.3, -0.25) is 4.79 Å². The lowest BCUT2D eigenvalue weighted by Gasteiger charge is -2.11. The van der Waals surface area contributed by atoms with Crippen molar-refractivity contribution in [3.63, 3.8) is 0 Å². The van der Waals surface area contributed by atoms with E-state index >= 15 is 0 Å². The minimum Gasteiger partial charge on any atom is -0.461 e. The lowest BCUT2D eigenvalue weighted by molar-refractivity contribution is -0.146. The van der Waals surface area contributed by atoms with Crippen LogP contribution in [0.4, 0.5) is 0 Å². The Morgan fingerprint density at radius 2 is 1.94 bits per heavy atom. The van der Waals surface area contributed by atoms with Crippen LogP contribution < -0.4 is 5.73 Å². The molecule has 0 saturated carbocycles. The van der Waals surface area contributed by atoms with Crippen molar-refractivity contribution in [2.24, 2.45) is 5.73 Å². The zero-order valence-corrected chi connectivity index (χ0v) is 11.5. The molecule has 1 aromatic rings. The molecule has 1 aromatic carbocycles. The molecule has 2 N–H and O–H groups in total. The van der Waals surface area contributed by atoms with Crippen molar-refractivity contribution >= 4 is 5.97 Å². The number of esters is 1. The summed E-state index contributed by atoms with van der Waals surface area (Å²) in [4.78, 5) is 10.6. The van der Waals surface area contributed by atoms with Crippen molar-refractivity contribution in [1.29, 1.82) is 0 Å². The minimum absolute atomic E-state index is 0.0550.